The van der Waals surface area contributed by atoms with E-state index < -0.39 is 11.7 Å². The molecule has 178 valence electrons. The fourth-order valence-electron chi connectivity index (χ4n) is 3.87. The molecule has 1 aliphatic carbocycles. The van der Waals surface area contributed by atoms with Crippen LogP contribution in [0.25, 0.3) is 0 Å². The number of aromatic amines is 1. The van der Waals surface area contributed by atoms with Crippen molar-refractivity contribution in [2.75, 3.05) is 38.1 Å². The maximum absolute atomic E-state index is 14.4. The number of fused-ring (bicyclic) bond motifs is 1. The van der Waals surface area contributed by atoms with Crippen LogP contribution in [-0.4, -0.2) is 60.3 Å². The van der Waals surface area contributed by atoms with E-state index in [2.05, 4.69) is 34.4 Å². The zero-order valence-corrected chi connectivity index (χ0v) is 19.1. The number of carbonyl (C=O) groups is 3. The van der Waals surface area contributed by atoms with E-state index in [1.54, 1.807) is 0 Å². The molecule has 0 bridgehead atoms. The number of rotatable bonds is 11. The van der Waals surface area contributed by atoms with Gasteiger partial charge in [-0.3, -0.25) is 14.4 Å². The Kier molecular flexibility index (Phi) is 8.59. The lowest BCUT2D eigenvalue weighted by atomic mass is 9.93. The van der Waals surface area contributed by atoms with Gasteiger partial charge in [-0.2, -0.15) is 0 Å². The van der Waals surface area contributed by atoms with Crippen LogP contribution in [-0.2, 0) is 11.2 Å². The molecule has 1 aromatic heterocycles. The molecule has 33 heavy (non-hydrogen) atoms. The van der Waals surface area contributed by atoms with E-state index in [1.807, 2.05) is 0 Å². The first-order chi connectivity index (χ1) is 15.9. The number of H-pyrrole nitrogens is 1. The Morgan fingerprint density at radius 2 is 2.00 bits per heavy atom. The summed E-state index contributed by atoms with van der Waals surface area (Å²) in [6, 6.07) is 3.96. The van der Waals surface area contributed by atoms with Gasteiger partial charge < -0.3 is 25.3 Å². The largest absolute Gasteiger partial charge is 0.481 e. The average molecular weight is 459 g/mol. The van der Waals surface area contributed by atoms with Crippen molar-refractivity contribution in [1.82, 2.24) is 15.2 Å². The van der Waals surface area contributed by atoms with Gasteiger partial charge in [0.05, 0.1) is 11.1 Å². The van der Waals surface area contributed by atoms with Crippen molar-refractivity contribution in [3.05, 3.63) is 47.0 Å². The van der Waals surface area contributed by atoms with E-state index in [9.17, 15) is 18.8 Å². The molecule has 2 aromatic rings. The maximum atomic E-state index is 14.4. The SMILES string of the molecule is CCN(CC)CCCNC(=O)COc1ccc(NC(=O)c2c[nH]c3c2C(=O)CCC3)cc1F. The van der Waals surface area contributed by atoms with Gasteiger partial charge in [0.2, 0.25) is 0 Å². The number of ketones is 1. The molecule has 0 radical (unpaired) electrons. The highest BCUT2D eigenvalue weighted by Gasteiger charge is 2.26. The summed E-state index contributed by atoms with van der Waals surface area (Å²) in [7, 11) is 0. The highest BCUT2D eigenvalue weighted by molar-refractivity contribution is 6.13. The van der Waals surface area contributed by atoms with Crippen LogP contribution in [0.3, 0.4) is 0 Å². The van der Waals surface area contributed by atoms with Crippen LogP contribution in [0.1, 0.15) is 59.5 Å². The number of hydrogen-bond acceptors (Lipinski definition) is 5. The van der Waals surface area contributed by atoms with E-state index in [0.29, 0.717) is 18.5 Å². The van der Waals surface area contributed by atoms with Gasteiger partial charge in [0.1, 0.15) is 0 Å². The summed E-state index contributed by atoms with van der Waals surface area (Å²) in [5.41, 5.74) is 1.66. The molecule has 2 amide bonds. The monoisotopic (exact) mass is 458 g/mol. The number of amides is 2. The molecule has 1 heterocycles. The van der Waals surface area contributed by atoms with Gasteiger partial charge in [-0.05, 0) is 51.0 Å². The van der Waals surface area contributed by atoms with Gasteiger partial charge in [0.25, 0.3) is 11.8 Å². The lowest BCUT2D eigenvalue weighted by molar-refractivity contribution is -0.123. The lowest BCUT2D eigenvalue weighted by Crippen LogP contribution is -2.32. The number of anilines is 1. The molecule has 0 spiro atoms. The van der Waals surface area contributed by atoms with E-state index >= 15 is 0 Å². The van der Waals surface area contributed by atoms with E-state index in [4.69, 9.17) is 4.74 Å². The smallest absolute Gasteiger partial charge is 0.257 e. The van der Waals surface area contributed by atoms with Crippen molar-refractivity contribution in [2.24, 2.45) is 0 Å². The fourth-order valence-corrected chi connectivity index (χ4v) is 3.87. The molecule has 0 atom stereocenters. The van der Waals surface area contributed by atoms with Gasteiger partial charge in [-0.1, -0.05) is 13.8 Å². The number of aromatic nitrogens is 1. The molecule has 9 heteroatoms. The summed E-state index contributed by atoms with van der Waals surface area (Å²) >= 11 is 0. The second kappa shape index (κ2) is 11.6. The molecule has 1 aliphatic rings. The minimum Gasteiger partial charge on any atom is -0.481 e. The zero-order valence-electron chi connectivity index (χ0n) is 19.1. The minimum absolute atomic E-state index is 0.0658. The summed E-state index contributed by atoms with van der Waals surface area (Å²) in [5.74, 6) is -1.66. The molecule has 0 unspecified atom stereocenters. The molecule has 8 nitrogen and oxygen atoms in total. The number of nitrogens with one attached hydrogen (secondary N) is 3. The summed E-state index contributed by atoms with van der Waals surface area (Å²) < 4.78 is 19.7. The molecule has 0 aliphatic heterocycles. The molecule has 3 N–H and O–H groups in total. The van der Waals surface area contributed by atoms with Crippen LogP contribution in [0.2, 0.25) is 0 Å². The topological polar surface area (TPSA) is 104 Å². The van der Waals surface area contributed by atoms with Gasteiger partial charge in [-0.25, -0.2) is 4.39 Å². The van der Waals surface area contributed by atoms with E-state index in [-0.39, 0.29) is 35.3 Å². The minimum atomic E-state index is -0.700. The summed E-state index contributed by atoms with van der Waals surface area (Å²) in [5, 5.41) is 5.37. The molecular weight excluding hydrogens is 427 g/mol. The first-order valence-corrected chi connectivity index (χ1v) is 11.4. The van der Waals surface area contributed by atoms with Crippen molar-refractivity contribution in [2.45, 2.75) is 39.5 Å². The third-order valence-electron chi connectivity index (χ3n) is 5.73. The Morgan fingerprint density at radius 3 is 2.73 bits per heavy atom. The Balaban J connectivity index is 1.49. The van der Waals surface area contributed by atoms with Crippen molar-refractivity contribution >= 4 is 23.3 Å². The summed E-state index contributed by atoms with van der Waals surface area (Å²) in [6.07, 6.45) is 4.23. The van der Waals surface area contributed by atoms with Gasteiger partial charge >= 0.3 is 0 Å². The number of Topliss-reactive ketones (excluding diaryl/α,β-unsaturated/α-hetero) is 1. The Morgan fingerprint density at radius 1 is 1.21 bits per heavy atom. The van der Waals surface area contributed by atoms with Gasteiger partial charge in [-0.15, -0.1) is 0 Å². The number of benzene rings is 1. The first kappa shape index (κ1) is 24.4. The van der Waals surface area contributed by atoms with Crippen molar-refractivity contribution in [1.29, 1.82) is 0 Å². The highest BCUT2D eigenvalue weighted by Crippen LogP contribution is 2.26. The van der Waals surface area contributed by atoms with Crippen molar-refractivity contribution in [3.63, 3.8) is 0 Å². The predicted molar refractivity (Wildman–Crippen MR) is 123 cm³/mol. The number of aryl methyl sites for hydroxylation is 1. The van der Waals surface area contributed by atoms with Crippen LogP contribution in [0.4, 0.5) is 10.1 Å². The Bertz CT molecular complexity index is 1000. The summed E-state index contributed by atoms with van der Waals surface area (Å²) in [4.78, 5) is 42.0. The third kappa shape index (κ3) is 6.41. The molecule has 0 saturated heterocycles. The predicted octanol–water partition coefficient (Wildman–Crippen LogP) is 3.15. The fraction of sp³-hybridized carbons (Fsp3) is 0.458. The molecule has 0 fully saturated rings. The molecular formula is C24H31FN4O4. The van der Waals surface area contributed by atoms with E-state index in [0.717, 1.165) is 50.7 Å². The third-order valence-corrected chi connectivity index (χ3v) is 5.73. The Labute approximate surface area is 192 Å². The van der Waals surface area contributed by atoms with Crippen LogP contribution in [0.15, 0.2) is 24.4 Å². The van der Waals surface area contributed by atoms with Crippen LogP contribution in [0.5, 0.6) is 5.75 Å². The molecule has 0 saturated carbocycles. The highest BCUT2D eigenvalue weighted by atomic mass is 19.1. The normalized spacial score (nSPS) is 13.0. The first-order valence-electron chi connectivity index (χ1n) is 11.4. The second-order valence-electron chi connectivity index (χ2n) is 7.95. The number of hydrogen-bond donors (Lipinski definition) is 3. The number of ether oxygens (including phenoxy) is 1. The number of nitrogens with zero attached hydrogens (tertiary/aromatic N) is 1. The van der Waals surface area contributed by atoms with Crippen molar-refractivity contribution < 1.29 is 23.5 Å². The van der Waals surface area contributed by atoms with Gasteiger partial charge in [0, 0.05) is 36.6 Å². The zero-order chi connectivity index (χ0) is 23.8. The van der Waals surface area contributed by atoms with Crippen LogP contribution < -0.4 is 15.4 Å². The number of carbonyl (C=O) groups excluding carboxylic acids is 3. The molecule has 1 aromatic carbocycles. The maximum Gasteiger partial charge on any atom is 0.257 e. The summed E-state index contributed by atoms with van der Waals surface area (Å²) in [6.45, 7) is 7.24. The number of halogens is 1. The van der Waals surface area contributed by atoms with Crippen LogP contribution >= 0.6 is 0 Å². The van der Waals surface area contributed by atoms with Gasteiger partial charge in [0.15, 0.2) is 24.0 Å². The Hall–Kier alpha value is -3.20. The van der Waals surface area contributed by atoms with E-state index in [1.165, 1.54) is 18.3 Å². The van der Waals surface area contributed by atoms with Crippen molar-refractivity contribution in [3.8, 4) is 5.75 Å². The molecule has 3 rings (SSSR count). The quantitative estimate of drug-likeness (QED) is 0.449. The standard InChI is InChI=1S/C24H31FN4O4/c1-3-29(4-2)12-6-11-26-22(31)15-33-21-10-9-16(13-18(21)25)28-24(32)17-14-27-19-7-5-8-20(30)23(17)19/h9-10,13-14,27H,3-8,11-12,15H2,1-2H3,(H,26,31)(H,28,32). The lowest BCUT2D eigenvalue weighted by Gasteiger charge is -2.17. The van der Waals surface area contributed by atoms with Crippen LogP contribution in [0, 0.1) is 5.82 Å². The average Bonchev–Trinajstić information content (AvgIpc) is 3.24. The second-order valence-corrected chi connectivity index (χ2v) is 7.95.